The average molecular weight is 424 g/mol. The Morgan fingerprint density at radius 1 is 1.03 bits per heavy atom. The summed E-state index contributed by atoms with van der Waals surface area (Å²) in [5.41, 5.74) is 5.13. The number of nitriles is 1. The first-order valence-electron chi connectivity index (χ1n) is 10.8. The zero-order chi connectivity index (χ0) is 22.5. The van der Waals surface area contributed by atoms with Crippen molar-refractivity contribution in [3.05, 3.63) is 83.9 Å². The van der Waals surface area contributed by atoms with Crippen LogP contribution >= 0.6 is 0 Å². The van der Waals surface area contributed by atoms with E-state index in [4.69, 9.17) is 4.74 Å². The number of nitrogens with zero attached hydrogens (tertiary/aromatic N) is 2. The molecule has 0 aliphatic heterocycles. The minimum atomic E-state index is -0.0622. The van der Waals surface area contributed by atoms with E-state index in [-0.39, 0.29) is 5.91 Å². The Labute approximate surface area is 187 Å². The van der Waals surface area contributed by atoms with E-state index in [1.807, 2.05) is 79.7 Å². The van der Waals surface area contributed by atoms with Crippen molar-refractivity contribution >= 4 is 22.5 Å². The smallest absolute Gasteiger partial charge is 0.228 e. The molecular weight excluding hydrogens is 398 g/mol. The van der Waals surface area contributed by atoms with Gasteiger partial charge in [-0.1, -0.05) is 42.5 Å². The molecule has 0 fully saturated rings. The summed E-state index contributed by atoms with van der Waals surface area (Å²) in [6, 6.07) is 25.5. The highest BCUT2D eigenvalue weighted by Gasteiger charge is 2.18. The lowest BCUT2D eigenvalue weighted by Gasteiger charge is -2.11. The summed E-state index contributed by atoms with van der Waals surface area (Å²) >= 11 is 0. The first-order valence-corrected chi connectivity index (χ1v) is 10.8. The van der Waals surface area contributed by atoms with Crippen molar-refractivity contribution in [1.29, 1.82) is 5.26 Å². The number of hydrogen-bond acceptors (Lipinski definition) is 3. The molecule has 5 nitrogen and oxygen atoms in total. The second kappa shape index (κ2) is 9.40. The summed E-state index contributed by atoms with van der Waals surface area (Å²) < 4.78 is 7.80. The van der Waals surface area contributed by atoms with Crippen LogP contribution in [0.4, 0.5) is 5.69 Å². The molecule has 0 radical (unpaired) electrons. The number of carbonyl (C=O) groups excluding carboxylic acids is 1. The number of hydrogen-bond donors (Lipinski definition) is 1. The summed E-state index contributed by atoms with van der Waals surface area (Å²) in [6.45, 7) is 5.33. The quantitative estimate of drug-likeness (QED) is 0.410. The van der Waals surface area contributed by atoms with Gasteiger partial charge < -0.3 is 14.6 Å². The Bertz CT molecular complexity index is 1280. The van der Waals surface area contributed by atoms with E-state index in [1.54, 1.807) is 0 Å². The molecule has 1 amide bonds. The minimum absolute atomic E-state index is 0.0622. The summed E-state index contributed by atoms with van der Waals surface area (Å²) in [4.78, 5) is 12.4. The fourth-order valence-corrected chi connectivity index (χ4v) is 4.03. The van der Waals surface area contributed by atoms with Gasteiger partial charge in [-0.3, -0.25) is 4.79 Å². The van der Waals surface area contributed by atoms with Gasteiger partial charge in [0.2, 0.25) is 5.91 Å². The first kappa shape index (κ1) is 21.2. The van der Waals surface area contributed by atoms with E-state index in [9.17, 15) is 10.1 Å². The molecule has 1 aromatic heterocycles. The highest BCUT2D eigenvalue weighted by atomic mass is 16.5. The van der Waals surface area contributed by atoms with Gasteiger partial charge in [-0.05, 0) is 49.2 Å². The van der Waals surface area contributed by atoms with E-state index in [0.717, 1.165) is 45.7 Å². The number of ether oxygens (including phenoxy) is 1. The van der Waals surface area contributed by atoms with Gasteiger partial charge in [0.15, 0.2) is 0 Å². The molecule has 4 aromatic rings. The van der Waals surface area contributed by atoms with Crippen LogP contribution in [0, 0.1) is 11.3 Å². The molecule has 0 saturated heterocycles. The lowest BCUT2D eigenvalue weighted by molar-refractivity contribution is -0.115. The number of amides is 1. The number of benzene rings is 3. The zero-order valence-electron chi connectivity index (χ0n) is 18.3. The van der Waals surface area contributed by atoms with Crippen molar-refractivity contribution in [2.24, 2.45) is 0 Å². The number of carbonyl (C=O) groups is 1. The summed E-state index contributed by atoms with van der Waals surface area (Å²) in [5, 5.41) is 13.8. The highest BCUT2D eigenvalue weighted by Crippen LogP contribution is 2.35. The topological polar surface area (TPSA) is 67.0 Å². The molecule has 0 aliphatic carbocycles. The molecule has 5 heteroatoms. The maximum Gasteiger partial charge on any atom is 0.228 e. The molecule has 32 heavy (non-hydrogen) atoms. The van der Waals surface area contributed by atoms with E-state index in [2.05, 4.69) is 22.9 Å². The van der Waals surface area contributed by atoms with Gasteiger partial charge in [0.25, 0.3) is 0 Å². The molecule has 4 rings (SSSR count). The van der Waals surface area contributed by atoms with Crippen molar-refractivity contribution in [3.63, 3.8) is 0 Å². The fourth-order valence-electron chi connectivity index (χ4n) is 4.03. The number of fused-ring (bicyclic) bond motifs is 1. The molecule has 0 spiro atoms. The van der Waals surface area contributed by atoms with Gasteiger partial charge in [0, 0.05) is 23.7 Å². The predicted molar refractivity (Wildman–Crippen MR) is 128 cm³/mol. The fraction of sp³-hybridized carbons (Fsp3) is 0.185. The monoisotopic (exact) mass is 423 g/mol. The first-order chi connectivity index (χ1) is 15.6. The third kappa shape index (κ3) is 4.21. The van der Waals surface area contributed by atoms with Crippen LogP contribution in [0.1, 0.15) is 25.0 Å². The van der Waals surface area contributed by atoms with Gasteiger partial charge in [-0.2, -0.15) is 5.26 Å². The lowest BCUT2D eigenvalue weighted by atomic mass is 10.1. The number of aryl methyl sites for hydroxylation is 1. The van der Waals surface area contributed by atoms with Crippen LogP contribution in [0.15, 0.2) is 72.8 Å². The van der Waals surface area contributed by atoms with Gasteiger partial charge >= 0.3 is 0 Å². The number of aromatic nitrogens is 1. The molecule has 0 saturated carbocycles. The van der Waals surface area contributed by atoms with Crippen molar-refractivity contribution in [2.75, 3.05) is 11.9 Å². The molecule has 3 aromatic carbocycles. The molecule has 0 aliphatic rings. The van der Waals surface area contributed by atoms with E-state index >= 15 is 0 Å². The van der Waals surface area contributed by atoms with Gasteiger partial charge in [0.05, 0.1) is 29.8 Å². The predicted octanol–water partition coefficient (Wildman–Crippen LogP) is 5.78. The third-order valence-corrected chi connectivity index (χ3v) is 5.42. The van der Waals surface area contributed by atoms with Gasteiger partial charge in [0.1, 0.15) is 11.8 Å². The molecule has 0 unspecified atom stereocenters. The molecule has 0 bridgehead atoms. The normalized spacial score (nSPS) is 10.7. The number of nitrogens with one attached hydrogen (secondary N) is 1. The van der Waals surface area contributed by atoms with Gasteiger partial charge in [-0.25, -0.2) is 0 Å². The number of rotatable bonds is 7. The number of anilines is 1. The summed E-state index contributed by atoms with van der Waals surface area (Å²) in [5.74, 6) is 0.729. The third-order valence-electron chi connectivity index (χ3n) is 5.42. The maximum absolute atomic E-state index is 12.4. The summed E-state index contributed by atoms with van der Waals surface area (Å²) in [7, 11) is 0. The Morgan fingerprint density at radius 2 is 1.78 bits per heavy atom. The lowest BCUT2D eigenvalue weighted by Crippen LogP contribution is -2.14. The van der Waals surface area contributed by atoms with Crippen molar-refractivity contribution in [2.45, 2.75) is 26.8 Å². The Hall–Kier alpha value is -4.04. The highest BCUT2D eigenvalue weighted by molar-refractivity contribution is 5.96. The standard InChI is InChI=1S/C27H25N3O2/c1-3-30-25-17-22(32-4-2)14-15-23(25)24(18-28)27(30)20-10-12-21(13-11-20)29-26(31)16-19-8-6-5-7-9-19/h5-15,17H,3-4,16H2,1-2H3,(H,29,31). The van der Waals surface area contributed by atoms with E-state index < -0.39 is 0 Å². The molecule has 1 heterocycles. The minimum Gasteiger partial charge on any atom is -0.494 e. The Balaban J connectivity index is 1.64. The van der Waals surface area contributed by atoms with Gasteiger partial charge in [-0.15, -0.1) is 0 Å². The molecule has 1 N–H and O–H groups in total. The average Bonchev–Trinajstić information content (AvgIpc) is 3.13. The van der Waals surface area contributed by atoms with Crippen LogP contribution in [0.3, 0.4) is 0 Å². The van der Waals surface area contributed by atoms with Crippen LogP contribution in [-0.4, -0.2) is 17.1 Å². The van der Waals surface area contributed by atoms with E-state index in [0.29, 0.717) is 18.6 Å². The van der Waals surface area contributed by atoms with Crippen LogP contribution in [0.25, 0.3) is 22.2 Å². The van der Waals surface area contributed by atoms with E-state index in [1.165, 1.54) is 0 Å². The van der Waals surface area contributed by atoms with Crippen LogP contribution in [-0.2, 0) is 17.8 Å². The van der Waals surface area contributed by atoms with Crippen LogP contribution in [0.2, 0.25) is 0 Å². The second-order valence-corrected chi connectivity index (χ2v) is 7.48. The SMILES string of the molecule is CCOc1ccc2c(C#N)c(-c3ccc(NC(=O)Cc4ccccc4)cc3)n(CC)c2c1. The molecule has 160 valence electrons. The molecule has 0 atom stereocenters. The largest absolute Gasteiger partial charge is 0.494 e. The Kier molecular flexibility index (Phi) is 6.23. The zero-order valence-corrected chi connectivity index (χ0v) is 18.3. The Morgan fingerprint density at radius 3 is 2.44 bits per heavy atom. The maximum atomic E-state index is 12.4. The van der Waals surface area contributed by atoms with Crippen LogP contribution < -0.4 is 10.1 Å². The van der Waals surface area contributed by atoms with Crippen molar-refractivity contribution < 1.29 is 9.53 Å². The second-order valence-electron chi connectivity index (χ2n) is 7.48. The molecular formula is C27H25N3O2. The van der Waals surface area contributed by atoms with Crippen molar-refractivity contribution in [3.8, 4) is 23.1 Å². The summed E-state index contributed by atoms with van der Waals surface area (Å²) in [6.07, 6.45) is 0.327. The van der Waals surface area contributed by atoms with Crippen LogP contribution in [0.5, 0.6) is 5.75 Å². The van der Waals surface area contributed by atoms with Crippen molar-refractivity contribution in [1.82, 2.24) is 4.57 Å².